The summed E-state index contributed by atoms with van der Waals surface area (Å²) in [6.07, 6.45) is 3.92. The van der Waals surface area contributed by atoms with E-state index in [1.54, 1.807) is 0 Å². The zero-order chi connectivity index (χ0) is 16.5. The highest BCUT2D eigenvalue weighted by Gasteiger charge is 2.18. The first-order chi connectivity index (χ1) is 11.7. The smallest absolute Gasteiger partial charge is 0.257 e. The molecule has 0 aliphatic heterocycles. The Labute approximate surface area is 149 Å². The minimum atomic E-state index is 0.151. The number of aromatic nitrogens is 2. The molecule has 2 aromatic carbocycles. The van der Waals surface area contributed by atoms with Gasteiger partial charge in [-0.15, -0.1) is 0 Å². The fourth-order valence-corrected chi connectivity index (χ4v) is 3.48. The maximum Gasteiger partial charge on any atom is 0.257 e. The molecule has 2 N–H and O–H groups in total. The van der Waals surface area contributed by atoms with Crippen molar-refractivity contribution in [1.82, 2.24) is 10.1 Å². The van der Waals surface area contributed by atoms with E-state index in [4.69, 9.17) is 10.3 Å². The summed E-state index contributed by atoms with van der Waals surface area (Å²) in [7, 11) is 0. The van der Waals surface area contributed by atoms with Gasteiger partial charge in [-0.2, -0.15) is 4.98 Å². The molecule has 24 heavy (non-hydrogen) atoms. The van der Waals surface area contributed by atoms with E-state index in [-0.39, 0.29) is 6.04 Å². The van der Waals surface area contributed by atoms with Gasteiger partial charge in [0.2, 0.25) is 0 Å². The summed E-state index contributed by atoms with van der Waals surface area (Å²) in [6, 6.07) is 14.6. The lowest BCUT2D eigenvalue weighted by Gasteiger charge is -2.22. The van der Waals surface area contributed by atoms with Crippen molar-refractivity contribution in [3.05, 3.63) is 69.5 Å². The third-order valence-electron chi connectivity index (χ3n) is 4.49. The van der Waals surface area contributed by atoms with Crippen LogP contribution >= 0.6 is 15.9 Å². The highest BCUT2D eigenvalue weighted by Crippen LogP contribution is 2.31. The van der Waals surface area contributed by atoms with Gasteiger partial charge in [0.05, 0.1) is 0 Å². The van der Waals surface area contributed by atoms with Crippen LogP contribution in [-0.4, -0.2) is 10.1 Å². The van der Waals surface area contributed by atoms with Crippen molar-refractivity contribution in [3.8, 4) is 11.5 Å². The summed E-state index contributed by atoms with van der Waals surface area (Å²) < 4.78 is 6.53. The van der Waals surface area contributed by atoms with Crippen LogP contribution in [0.2, 0.25) is 0 Å². The number of aryl methyl sites for hydroxylation is 1. The second kappa shape index (κ2) is 6.49. The minimum Gasteiger partial charge on any atom is -0.334 e. The van der Waals surface area contributed by atoms with E-state index in [9.17, 15) is 0 Å². The normalized spacial score (nSPS) is 16.8. The molecule has 0 saturated carbocycles. The topological polar surface area (TPSA) is 64.9 Å². The monoisotopic (exact) mass is 383 g/mol. The molecule has 122 valence electrons. The lowest BCUT2D eigenvalue weighted by atomic mass is 9.87. The quantitative estimate of drug-likeness (QED) is 0.726. The van der Waals surface area contributed by atoms with Crippen molar-refractivity contribution < 1.29 is 4.52 Å². The third-order valence-corrected chi connectivity index (χ3v) is 5.02. The number of benzene rings is 2. The Kier molecular flexibility index (Phi) is 4.21. The summed E-state index contributed by atoms with van der Waals surface area (Å²) in [5.41, 5.74) is 10.9. The van der Waals surface area contributed by atoms with Crippen molar-refractivity contribution in [1.29, 1.82) is 0 Å². The summed E-state index contributed by atoms with van der Waals surface area (Å²) >= 11 is 3.44. The molecule has 1 unspecified atom stereocenters. The Bertz CT molecular complexity index is 857. The maximum absolute atomic E-state index is 6.18. The van der Waals surface area contributed by atoms with Gasteiger partial charge in [0.1, 0.15) is 0 Å². The average molecular weight is 384 g/mol. The van der Waals surface area contributed by atoms with Crippen LogP contribution < -0.4 is 5.73 Å². The number of fused-ring (bicyclic) bond motifs is 1. The first kappa shape index (κ1) is 15.5. The molecule has 0 saturated heterocycles. The van der Waals surface area contributed by atoms with Gasteiger partial charge >= 0.3 is 0 Å². The van der Waals surface area contributed by atoms with Crippen molar-refractivity contribution >= 4 is 15.9 Å². The minimum absolute atomic E-state index is 0.151. The Balaban J connectivity index is 1.57. The molecule has 0 amide bonds. The first-order valence-corrected chi connectivity index (χ1v) is 8.94. The van der Waals surface area contributed by atoms with Crippen LogP contribution in [0.4, 0.5) is 0 Å². The van der Waals surface area contributed by atoms with Gasteiger partial charge in [0.15, 0.2) is 5.82 Å². The van der Waals surface area contributed by atoms with Gasteiger partial charge in [0, 0.05) is 22.5 Å². The second-order valence-electron chi connectivity index (χ2n) is 6.23. The molecule has 0 bridgehead atoms. The predicted octanol–water partition coefficient (Wildman–Crippen LogP) is 4.43. The molecule has 5 heteroatoms. The largest absolute Gasteiger partial charge is 0.334 e. The highest BCUT2D eigenvalue weighted by molar-refractivity contribution is 9.10. The third kappa shape index (κ3) is 3.14. The number of hydrogen-bond acceptors (Lipinski definition) is 4. The molecular formula is C19H18BrN3O. The Morgan fingerprint density at radius 1 is 1.17 bits per heavy atom. The maximum atomic E-state index is 6.18. The second-order valence-corrected chi connectivity index (χ2v) is 7.15. The number of nitrogens with zero attached hydrogens (tertiary/aromatic N) is 2. The summed E-state index contributed by atoms with van der Waals surface area (Å²) in [5, 5.41) is 4.11. The zero-order valence-electron chi connectivity index (χ0n) is 13.2. The summed E-state index contributed by atoms with van der Waals surface area (Å²) in [6.45, 7) is 0. The van der Waals surface area contributed by atoms with Crippen LogP contribution in [0.3, 0.4) is 0 Å². The first-order valence-electron chi connectivity index (χ1n) is 8.15. The standard InChI is InChI=1S/C19H18BrN3O/c20-15-7-4-12(5-8-15)10-18-22-19(24-23-18)14-6-9-16-13(11-14)2-1-3-17(16)21/h4-9,11,17H,1-3,10,21H2. The molecule has 0 fully saturated rings. The van der Waals surface area contributed by atoms with Crippen LogP contribution in [0, 0.1) is 0 Å². The molecule has 0 spiro atoms. The summed E-state index contributed by atoms with van der Waals surface area (Å²) in [4.78, 5) is 4.55. The Morgan fingerprint density at radius 3 is 2.83 bits per heavy atom. The zero-order valence-corrected chi connectivity index (χ0v) is 14.8. The molecule has 0 radical (unpaired) electrons. The number of rotatable bonds is 3. The average Bonchev–Trinajstić information content (AvgIpc) is 3.05. The number of halogens is 1. The van der Waals surface area contributed by atoms with Crippen LogP contribution in [0.15, 0.2) is 51.5 Å². The molecule has 4 rings (SSSR count). The molecule has 1 aliphatic carbocycles. The SMILES string of the molecule is NC1CCCc2cc(-c3nc(Cc4ccc(Br)cc4)no3)ccc21. The number of hydrogen-bond donors (Lipinski definition) is 1. The lowest BCUT2D eigenvalue weighted by molar-refractivity contribution is 0.424. The molecular weight excluding hydrogens is 366 g/mol. The van der Waals surface area contributed by atoms with Gasteiger partial charge in [-0.25, -0.2) is 0 Å². The van der Waals surface area contributed by atoms with Gasteiger partial charge in [-0.05, 0) is 60.2 Å². The highest BCUT2D eigenvalue weighted by atomic mass is 79.9. The van der Waals surface area contributed by atoms with Crippen LogP contribution in [0.1, 0.15) is 41.4 Å². The van der Waals surface area contributed by atoms with E-state index in [2.05, 4.69) is 50.3 Å². The predicted molar refractivity (Wildman–Crippen MR) is 96.5 cm³/mol. The van der Waals surface area contributed by atoms with E-state index in [0.29, 0.717) is 18.1 Å². The Hall–Kier alpha value is -1.98. The van der Waals surface area contributed by atoms with Crippen LogP contribution in [0.25, 0.3) is 11.5 Å². The van der Waals surface area contributed by atoms with E-state index in [1.165, 1.54) is 11.1 Å². The van der Waals surface area contributed by atoms with E-state index >= 15 is 0 Å². The Morgan fingerprint density at radius 2 is 2.00 bits per heavy atom. The van der Waals surface area contributed by atoms with Crippen molar-refractivity contribution in [2.45, 2.75) is 31.7 Å². The molecule has 1 atom stereocenters. The molecule has 3 aromatic rings. The summed E-state index contributed by atoms with van der Waals surface area (Å²) in [5.74, 6) is 1.27. The van der Waals surface area contributed by atoms with Gasteiger partial charge in [-0.1, -0.05) is 39.3 Å². The lowest BCUT2D eigenvalue weighted by Crippen LogP contribution is -2.17. The van der Waals surface area contributed by atoms with Crippen LogP contribution in [-0.2, 0) is 12.8 Å². The van der Waals surface area contributed by atoms with E-state index < -0.39 is 0 Å². The van der Waals surface area contributed by atoms with Crippen molar-refractivity contribution in [2.75, 3.05) is 0 Å². The molecule has 1 aromatic heterocycles. The fraction of sp³-hybridized carbons (Fsp3) is 0.263. The van der Waals surface area contributed by atoms with Crippen molar-refractivity contribution in [3.63, 3.8) is 0 Å². The molecule has 4 nitrogen and oxygen atoms in total. The van der Waals surface area contributed by atoms with Crippen LogP contribution in [0.5, 0.6) is 0 Å². The molecule has 1 heterocycles. The van der Waals surface area contributed by atoms with Crippen molar-refractivity contribution in [2.24, 2.45) is 5.73 Å². The van der Waals surface area contributed by atoms with E-state index in [0.717, 1.165) is 34.9 Å². The fourth-order valence-electron chi connectivity index (χ4n) is 3.21. The van der Waals surface area contributed by atoms with Gasteiger partial charge in [0.25, 0.3) is 5.89 Å². The molecule has 1 aliphatic rings. The van der Waals surface area contributed by atoms with Gasteiger partial charge < -0.3 is 10.3 Å². The number of nitrogens with two attached hydrogens (primary N) is 1. The van der Waals surface area contributed by atoms with E-state index in [1.807, 2.05) is 18.2 Å². The van der Waals surface area contributed by atoms with Gasteiger partial charge in [-0.3, -0.25) is 0 Å².